The standard InChI is InChI=1S/C11H10N4OS3/c1-6-9(19-10(12)13-6)18-5-7-4-8(16)15-2-3-17-11(15)14-7/h2-4H,5H2,1H3,(H2,12,13). The zero-order chi connectivity index (χ0) is 13.4. The molecular formula is C11H10N4OS3. The van der Waals surface area contributed by atoms with Gasteiger partial charge in [-0.3, -0.25) is 9.20 Å². The van der Waals surface area contributed by atoms with Crippen LogP contribution in [0, 0.1) is 6.92 Å². The summed E-state index contributed by atoms with van der Waals surface area (Å²) in [5, 5.41) is 2.43. The van der Waals surface area contributed by atoms with Gasteiger partial charge >= 0.3 is 0 Å². The third kappa shape index (κ3) is 2.51. The van der Waals surface area contributed by atoms with Crippen molar-refractivity contribution in [3.63, 3.8) is 0 Å². The third-order valence-electron chi connectivity index (χ3n) is 2.48. The van der Waals surface area contributed by atoms with Crippen LogP contribution in [-0.4, -0.2) is 14.4 Å². The minimum Gasteiger partial charge on any atom is -0.375 e. The van der Waals surface area contributed by atoms with Crippen LogP contribution in [0.15, 0.2) is 26.6 Å². The molecule has 0 radical (unpaired) electrons. The highest BCUT2D eigenvalue weighted by molar-refractivity contribution is 8.00. The molecule has 0 saturated heterocycles. The number of nitrogen functional groups attached to an aromatic ring is 1. The predicted molar refractivity (Wildman–Crippen MR) is 80.2 cm³/mol. The number of thiazole rings is 2. The van der Waals surface area contributed by atoms with E-state index in [0.29, 0.717) is 10.9 Å². The maximum atomic E-state index is 11.8. The van der Waals surface area contributed by atoms with E-state index in [1.54, 1.807) is 28.4 Å². The average Bonchev–Trinajstić information content (AvgIpc) is 2.93. The van der Waals surface area contributed by atoms with Gasteiger partial charge in [0, 0.05) is 23.4 Å². The van der Waals surface area contributed by atoms with Gasteiger partial charge in [-0.15, -0.1) is 23.1 Å². The molecule has 0 spiro atoms. The molecule has 98 valence electrons. The Morgan fingerprint density at radius 2 is 2.32 bits per heavy atom. The number of nitrogens with zero attached hydrogens (tertiary/aromatic N) is 3. The number of nitrogens with two attached hydrogens (primary N) is 1. The van der Waals surface area contributed by atoms with Gasteiger partial charge in [0.1, 0.15) is 0 Å². The van der Waals surface area contributed by atoms with Crippen LogP contribution < -0.4 is 11.3 Å². The molecule has 0 bridgehead atoms. The van der Waals surface area contributed by atoms with E-state index in [0.717, 1.165) is 20.6 Å². The Morgan fingerprint density at radius 1 is 1.47 bits per heavy atom. The van der Waals surface area contributed by atoms with Gasteiger partial charge in [0.05, 0.1) is 15.6 Å². The molecule has 3 aromatic rings. The Bertz CT molecular complexity index is 789. The van der Waals surface area contributed by atoms with Crippen molar-refractivity contribution in [3.05, 3.63) is 39.4 Å². The van der Waals surface area contributed by atoms with Gasteiger partial charge in [0.2, 0.25) is 0 Å². The highest BCUT2D eigenvalue weighted by Crippen LogP contribution is 2.32. The van der Waals surface area contributed by atoms with Crippen LogP contribution in [0.1, 0.15) is 11.4 Å². The summed E-state index contributed by atoms with van der Waals surface area (Å²) in [6.45, 7) is 1.93. The largest absolute Gasteiger partial charge is 0.375 e. The second-order valence-corrected chi connectivity index (χ2v) is 7.00. The molecule has 2 N–H and O–H groups in total. The summed E-state index contributed by atoms with van der Waals surface area (Å²) in [5.74, 6) is 0.645. The number of rotatable bonds is 3. The molecule has 8 heteroatoms. The molecule has 0 fully saturated rings. The topological polar surface area (TPSA) is 73.3 Å². The molecule has 0 aromatic carbocycles. The van der Waals surface area contributed by atoms with Crippen molar-refractivity contribution < 1.29 is 0 Å². The van der Waals surface area contributed by atoms with Crippen LogP contribution in [0.5, 0.6) is 0 Å². The highest BCUT2D eigenvalue weighted by Gasteiger charge is 2.08. The van der Waals surface area contributed by atoms with Crippen molar-refractivity contribution in [1.29, 1.82) is 0 Å². The van der Waals surface area contributed by atoms with Crippen molar-refractivity contribution in [2.75, 3.05) is 5.73 Å². The number of fused-ring (bicyclic) bond motifs is 1. The van der Waals surface area contributed by atoms with Crippen LogP contribution in [0.4, 0.5) is 5.13 Å². The van der Waals surface area contributed by atoms with Crippen molar-refractivity contribution in [3.8, 4) is 0 Å². The zero-order valence-corrected chi connectivity index (χ0v) is 12.4. The molecule has 0 amide bonds. The lowest BCUT2D eigenvalue weighted by atomic mass is 10.4. The van der Waals surface area contributed by atoms with Crippen LogP contribution >= 0.6 is 34.4 Å². The van der Waals surface area contributed by atoms with E-state index in [4.69, 9.17) is 5.73 Å². The molecule has 0 aliphatic rings. The normalized spacial score (nSPS) is 11.2. The molecule has 0 aliphatic carbocycles. The first-order chi connectivity index (χ1) is 9.13. The number of hydrogen-bond donors (Lipinski definition) is 1. The fraction of sp³-hybridized carbons (Fsp3) is 0.182. The smallest absolute Gasteiger partial charge is 0.258 e. The van der Waals surface area contributed by atoms with Crippen LogP contribution in [-0.2, 0) is 5.75 Å². The summed E-state index contributed by atoms with van der Waals surface area (Å²) >= 11 is 4.53. The van der Waals surface area contributed by atoms with E-state index < -0.39 is 0 Å². The number of aryl methyl sites for hydroxylation is 1. The molecule has 0 aliphatic heterocycles. The van der Waals surface area contributed by atoms with E-state index in [2.05, 4.69) is 9.97 Å². The minimum absolute atomic E-state index is 0.0395. The van der Waals surface area contributed by atoms with E-state index >= 15 is 0 Å². The Kier molecular flexibility index (Phi) is 3.29. The molecule has 3 aromatic heterocycles. The fourth-order valence-electron chi connectivity index (χ4n) is 1.64. The molecular weight excluding hydrogens is 300 g/mol. The summed E-state index contributed by atoms with van der Waals surface area (Å²) in [4.78, 5) is 21.2. The molecule has 0 atom stereocenters. The summed E-state index contributed by atoms with van der Waals surface area (Å²) in [6, 6.07) is 1.58. The quantitative estimate of drug-likeness (QED) is 0.752. The Morgan fingerprint density at radius 3 is 3.05 bits per heavy atom. The van der Waals surface area contributed by atoms with E-state index in [9.17, 15) is 4.79 Å². The van der Waals surface area contributed by atoms with E-state index in [-0.39, 0.29) is 5.56 Å². The van der Waals surface area contributed by atoms with E-state index in [1.807, 2.05) is 12.3 Å². The van der Waals surface area contributed by atoms with Gasteiger partial charge in [-0.05, 0) is 6.92 Å². The second kappa shape index (κ2) is 4.95. The second-order valence-electron chi connectivity index (χ2n) is 3.85. The van der Waals surface area contributed by atoms with Crippen molar-refractivity contribution in [2.24, 2.45) is 0 Å². The Hall–Kier alpha value is -1.38. The Balaban J connectivity index is 1.85. The maximum absolute atomic E-state index is 11.8. The van der Waals surface area contributed by atoms with Crippen molar-refractivity contribution in [1.82, 2.24) is 14.4 Å². The van der Waals surface area contributed by atoms with Gasteiger partial charge in [-0.2, -0.15) is 0 Å². The van der Waals surface area contributed by atoms with Crippen LogP contribution in [0.2, 0.25) is 0 Å². The Labute approximate surface area is 121 Å². The first-order valence-electron chi connectivity index (χ1n) is 5.45. The van der Waals surface area contributed by atoms with Crippen molar-refractivity contribution in [2.45, 2.75) is 16.9 Å². The fourth-order valence-corrected chi connectivity index (χ4v) is 4.29. The van der Waals surface area contributed by atoms with Gasteiger partial charge in [0.15, 0.2) is 10.1 Å². The molecule has 0 unspecified atom stereocenters. The van der Waals surface area contributed by atoms with Gasteiger partial charge in [-0.1, -0.05) is 11.3 Å². The number of thioether (sulfide) groups is 1. The molecule has 0 saturated carbocycles. The zero-order valence-electron chi connectivity index (χ0n) is 9.99. The maximum Gasteiger partial charge on any atom is 0.258 e. The SMILES string of the molecule is Cc1nc(N)sc1SCc1cc(=O)n2ccsc2n1. The first kappa shape index (κ1) is 12.6. The predicted octanol–water partition coefficient (Wildman–Crippen LogP) is 2.40. The highest BCUT2D eigenvalue weighted by atomic mass is 32.2. The first-order valence-corrected chi connectivity index (χ1v) is 8.13. The molecule has 5 nitrogen and oxygen atoms in total. The third-order valence-corrected chi connectivity index (χ3v) is 5.62. The van der Waals surface area contributed by atoms with Crippen LogP contribution in [0.25, 0.3) is 4.96 Å². The summed E-state index contributed by atoms with van der Waals surface area (Å²) in [5.41, 5.74) is 7.33. The van der Waals surface area contributed by atoms with Gasteiger partial charge in [0.25, 0.3) is 5.56 Å². The number of anilines is 1. The van der Waals surface area contributed by atoms with Gasteiger partial charge in [-0.25, -0.2) is 9.97 Å². The van der Waals surface area contributed by atoms with Crippen LogP contribution in [0.3, 0.4) is 0 Å². The van der Waals surface area contributed by atoms with Gasteiger partial charge < -0.3 is 5.73 Å². The molecule has 3 rings (SSSR count). The minimum atomic E-state index is -0.0395. The molecule has 19 heavy (non-hydrogen) atoms. The van der Waals surface area contributed by atoms with Crippen molar-refractivity contribution >= 4 is 44.5 Å². The number of aromatic nitrogens is 3. The monoisotopic (exact) mass is 310 g/mol. The lowest BCUT2D eigenvalue weighted by Crippen LogP contribution is -2.12. The van der Waals surface area contributed by atoms with E-state index in [1.165, 1.54) is 22.7 Å². The summed E-state index contributed by atoms with van der Waals surface area (Å²) in [6.07, 6.45) is 1.74. The summed E-state index contributed by atoms with van der Waals surface area (Å²) < 4.78 is 2.63. The average molecular weight is 310 g/mol. The number of hydrogen-bond acceptors (Lipinski definition) is 7. The molecule has 3 heterocycles. The lowest BCUT2D eigenvalue weighted by Gasteiger charge is -2.00. The summed E-state index contributed by atoms with van der Waals surface area (Å²) in [7, 11) is 0. The lowest BCUT2D eigenvalue weighted by molar-refractivity contribution is 1.04.